The minimum atomic E-state index is 1.03. The summed E-state index contributed by atoms with van der Waals surface area (Å²) in [5, 5.41) is 0. The Morgan fingerprint density at radius 1 is 1.40 bits per heavy atom. The van der Waals surface area contributed by atoms with Crippen molar-refractivity contribution in [3.63, 3.8) is 0 Å². The van der Waals surface area contributed by atoms with E-state index in [1.54, 1.807) is 0 Å². The molecule has 0 nitrogen and oxygen atoms in total. The zero-order chi connectivity index (χ0) is 7.40. The summed E-state index contributed by atoms with van der Waals surface area (Å²) >= 11 is 2.42. The molecule has 2 unspecified atom stereocenters. The van der Waals surface area contributed by atoms with Crippen LogP contribution in [0.15, 0.2) is 0 Å². The summed E-state index contributed by atoms with van der Waals surface area (Å²) in [5.41, 5.74) is 0. The second-order valence-electron chi connectivity index (χ2n) is 3.81. The van der Waals surface area contributed by atoms with Crippen LogP contribution in [0.4, 0.5) is 0 Å². The molecule has 10 heavy (non-hydrogen) atoms. The van der Waals surface area contributed by atoms with Gasteiger partial charge in [-0.15, -0.1) is 0 Å². The molecule has 1 saturated carbocycles. The van der Waals surface area contributed by atoms with Crippen LogP contribution in [0.25, 0.3) is 0 Å². The van der Waals surface area contributed by atoms with E-state index in [9.17, 15) is 0 Å². The van der Waals surface area contributed by atoms with Gasteiger partial charge in [0, 0.05) is 0 Å². The van der Waals surface area contributed by atoms with Crippen molar-refractivity contribution in [2.75, 3.05) is 0 Å². The molecule has 1 rings (SSSR count). The van der Waals surface area contributed by atoms with Gasteiger partial charge in [-0.05, 0) is 0 Å². The van der Waals surface area contributed by atoms with E-state index >= 15 is 0 Å². The third kappa shape index (κ3) is 2.33. The summed E-state index contributed by atoms with van der Waals surface area (Å²) in [6.07, 6.45) is 8.83. The summed E-state index contributed by atoms with van der Waals surface area (Å²) in [7, 11) is 0. The first-order valence-electron chi connectivity index (χ1n) is 4.84. The summed E-state index contributed by atoms with van der Waals surface area (Å²) in [5.74, 6) is 1.08. The molecule has 0 saturated heterocycles. The normalized spacial score (nSPS) is 33.1. The van der Waals surface area contributed by atoms with Crippen LogP contribution in [0.5, 0.6) is 0 Å². The van der Waals surface area contributed by atoms with Gasteiger partial charge in [-0.2, -0.15) is 0 Å². The van der Waals surface area contributed by atoms with Gasteiger partial charge in [0.25, 0.3) is 0 Å². The van der Waals surface area contributed by atoms with Gasteiger partial charge in [0.2, 0.25) is 0 Å². The fourth-order valence-electron chi connectivity index (χ4n) is 2.12. The minimum absolute atomic E-state index is 1.03. The Bertz CT molecular complexity index is 90.7. The summed E-state index contributed by atoms with van der Waals surface area (Å²) in [6.45, 7) is 2.29. The Balaban J connectivity index is 2.14. The van der Waals surface area contributed by atoms with E-state index in [-0.39, 0.29) is 0 Å². The molecule has 0 amide bonds. The molecule has 0 spiro atoms. The molecular weight excluding hydrogens is 115 g/mol. The average Bonchev–Trinajstić information content (AvgIpc) is 2.31. The molecule has 0 aromatic carbocycles. The van der Waals surface area contributed by atoms with Crippen molar-refractivity contribution in [1.82, 2.24) is 0 Å². The van der Waals surface area contributed by atoms with Gasteiger partial charge in [-0.3, -0.25) is 0 Å². The van der Waals surface area contributed by atoms with Crippen molar-refractivity contribution in [2.45, 2.75) is 50.0 Å². The Morgan fingerprint density at radius 3 is 2.70 bits per heavy atom. The molecule has 0 heterocycles. The summed E-state index contributed by atoms with van der Waals surface area (Å²) in [6, 6.07) is 0. The fraction of sp³-hybridized carbons (Fsp3) is 1.00. The van der Waals surface area contributed by atoms with Crippen molar-refractivity contribution in [3.05, 3.63) is 0 Å². The van der Waals surface area contributed by atoms with E-state index in [1.807, 2.05) is 0 Å². The van der Waals surface area contributed by atoms with Gasteiger partial charge >= 0.3 is 73.7 Å². The zero-order valence-corrected chi connectivity index (χ0v) is 7.40. The van der Waals surface area contributed by atoms with Crippen molar-refractivity contribution >= 4 is 17.7 Å². The molecule has 2 atom stereocenters. The molecule has 0 radical (unpaired) electrons. The maximum atomic E-state index is 2.42. The molecule has 0 bridgehead atoms. The molecular formula is C9H17Li. The van der Waals surface area contributed by atoms with E-state index in [4.69, 9.17) is 0 Å². The van der Waals surface area contributed by atoms with Crippen LogP contribution in [-0.4, -0.2) is 17.7 Å². The van der Waals surface area contributed by atoms with Crippen LogP contribution < -0.4 is 0 Å². The van der Waals surface area contributed by atoms with E-state index in [1.165, 1.54) is 38.5 Å². The van der Waals surface area contributed by atoms with Crippen molar-refractivity contribution in [2.24, 2.45) is 5.92 Å². The van der Waals surface area contributed by atoms with Gasteiger partial charge in [0.05, 0.1) is 0 Å². The third-order valence-corrected chi connectivity index (χ3v) is 2.97. The predicted molar refractivity (Wildman–Crippen MR) is 46.4 cm³/mol. The Morgan fingerprint density at radius 2 is 2.20 bits per heavy atom. The van der Waals surface area contributed by atoms with Crippen molar-refractivity contribution < 1.29 is 0 Å². The molecule has 1 fully saturated rings. The van der Waals surface area contributed by atoms with E-state index in [2.05, 4.69) is 24.6 Å². The zero-order valence-electron chi connectivity index (χ0n) is 7.40. The Kier molecular flexibility index (Phi) is 3.89. The van der Waals surface area contributed by atoms with Gasteiger partial charge in [-0.1, -0.05) is 0 Å². The molecule has 0 N–H and O–H groups in total. The van der Waals surface area contributed by atoms with Crippen molar-refractivity contribution in [1.29, 1.82) is 0 Å². The van der Waals surface area contributed by atoms with Crippen molar-refractivity contribution in [3.8, 4) is 0 Å². The molecule has 1 heteroatoms. The third-order valence-electron chi connectivity index (χ3n) is 2.97. The standard InChI is InChI=1S/C9H17.Li/c1-2-3-6-9-7-4-5-8-9;/h7,9H,2-6,8H2,1H3;. The molecule has 0 aromatic heterocycles. The van der Waals surface area contributed by atoms with E-state index in [0.29, 0.717) is 0 Å². The molecule has 1 aliphatic rings. The van der Waals surface area contributed by atoms with Gasteiger partial charge in [0.1, 0.15) is 0 Å². The Hall–Kier alpha value is 0.597. The first-order chi connectivity index (χ1) is 4.84. The molecule has 54 valence electrons. The van der Waals surface area contributed by atoms with Gasteiger partial charge in [0.15, 0.2) is 0 Å². The van der Waals surface area contributed by atoms with Crippen LogP contribution in [0.2, 0.25) is 4.59 Å². The topological polar surface area (TPSA) is 0 Å². The number of rotatable bonds is 3. The van der Waals surface area contributed by atoms with Crippen LogP contribution in [-0.2, 0) is 0 Å². The SMILES string of the molecule is [Li][CH]1CCCC1CCCC. The molecule has 0 aromatic rings. The fourth-order valence-corrected chi connectivity index (χ4v) is 2.12. The monoisotopic (exact) mass is 132 g/mol. The Labute approximate surface area is 74.0 Å². The van der Waals surface area contributed by atoms with E-state index in [0.717, 1.165) is 10.5 Å². The first kappa shape index (κ1) is 8.69. The van der Waals surface area contributed by atoms with Crippen LogP contribution in [0, 0.1) is 5.92 Å². The second kappa shape index (κ2) is 4.47. The van der Waals surface area contributed by atoms with Crippen LogP contribution in [0.3, 0.4) is 0 Å². The molecule has 1 aliphatic carbocycles. The number of hydrogen-bond donors (Lipinski definition) is 0. The van der Waals surface area contributed by atoms with Gasteiger partial charge < -0.3 is 0 Å². The number of unbranched alkanes of at least 4 members (excludes halogenated alkanes) is 1. The number of hydrogen-bond acceptors (Lipinski definition) is 0. The average molecular weight is 132 g/mol. The quantitative estimate of drug-likeness (QED) is 0.518. The summed E-state index contributed by atoms with van der Waals surface area (Å²) < 4.78 is 1.03. The van der Waals surface area contributed by atoms with E-state index < -0.39 is 0 Å². The predicted octanol–water partition coefficient (Wildman–Crippen LogP) is 2.93. The molecule has 0 aliphatic heterocycles. The summed E-state index contributed by atoms with van der Waals surface area (Å²) in [4.78, 5) is 0. The van der Waals surface area contributed by atoms with Crippen LogP contribution in [0.1, 0.15) is 45.4 Å². The van der Waals surface area contributed by atoms with Gasteiger partial charge in [-0.25, -0.2) is 0 Å². The van der Waals surface area contributed by atoms with Crippen LogP contribution >= 0.6 is 0 Å². The second-order valence-corrected chi connectivity index (χ2v) is 3.81. The maximum absolute atomic E-state index is 2.42. The first-order valence-corrected chi connectivity index (χ1v) is 4.84.